The largest absolute Gasteiger partial charge is 0.396 e. The van der Waals surface area contributed by atoms with Crippen LogP contribution < -0.4 is 5.32 Å². The maximum absolute atomic E-state index is 12.9. The fourth-order valence-electron chi connectivity index (χ4n) is 1.45. The summed E-state index contributed by atoms with van der Waals surface area (Å²) in [6.45, 7) is 3.41. The van der Waals surface area contributed by atoms with Gasteiger partial charge in [-0.2, -0.15) is 0 Å². The Balaban J connectivity index is 3.27. The molecule has 0 bridgehead atoms. The molecule has 1 aromatic carbocycles. The average Bonchev–Trinajstić information content (AvgIpc) is 2.47. The van der Waals surface area contributed by atoms with Crippen molar-refractivity contribution in [2.24, 2.45) is 4.99 Å². The van der Waals surface area contributed by atoms with Gasteiger partial charge in [-0.3, -0.25) is 9.36 Å². The van der Waals surface area contributed by atoms with Gasteiger partial charge in [0.05, 0.1) is 18.9 Å². The monoisotopic (exact) mass is 400 g/mol. The van der Waals surface area contributed by atoms with Gasteiger partial charge in [-0.05, 0) is 26.0 Å². The number of amides is 1. The number of para-hydroxylation sites is 1. The van der Waals surface area contributed by atoms with Crippen LogP contribution in [0.15, 0.2) is 35.3 Å². The number of carbonyl (C=O) groups excluding carboxylic acids is 1. The minimum Gasteiger partial charge on any atom is -0.303 e. The number of nitrogens with one attached hydrogen (secondary N) is 1. The maximum Gasteiger partial charge on any atom is 0.396 e. The van der Waals surface area contributed by atoms with Crippen LogP contribution >= 0.6 is 42.4 Å². The smallest absolute Gasteiger partial charge is 0.303 e. The van der Waals surface area contributed by atoms with E-state index in [1.165, 1.54) is 0 Å². The molecule has 0 aromatic heterocycles. The van der Waals surface area contributed by atoms with E-state index in [1.54, 1.807) is 44.2 Å². The third kappa shape index (κ3) is 6.42. The van der Waals surface area contributed by atoms with Crippen LogP contribution in [0.5, 0.6) is 0 Å². The summed E-state index contributed by atoms with van der Waals surface area (Å²) in [5, 5.41) is 2.22. The van der Waals surface area contributed by atoms with Crippen molar-refractivity contribution in [3.05, 3.63) is 30.3 Å². The van der Waals surface area contributed by atoms with Gasteiger partial charge in [-0.1, -0.05) is 53.0 Å². The summed E-state index contributed by atoms with van der Waals surface area (Å²) in [6, 6.07) is 8.51. The summed E-state index contributed by atoms with van der Waals surface area (Å²) in [5.41, 5.74) is 0.0791. The number of alkyl halides is 3. The highest BCUT2D eigenvalue weighted by molar-refractivity contribution is 7.72. The Hall–Kier alpha value is -0.620. The number of hydrogen-bond acceptors (Lipinski definition) is 5. The van der Waals surface area contributed by atoms with Crippen LogP contribution in [0.25, 0.3) is 0 Å². The average molecular weight is 402 g/mol. The Morgan fingerprint density at radius 2 is 1.70 bits per heavy atom. The Morgan fingerprint density at radius 1 is 1.17 bits per heavy atom. The molecule has 0 atom stereocenters. The van der Waals surface area contributed by atoms with E-state index in [0.29, 0.717) is 5.69 Å². The second-order valence-corrected chi connectivity index (χ2v) is 8.27. The topological polar surface area (TPSA) is 77.0 Å². The van der Waals surface area contributed by atoms with E-state index in [9.17, 15) is 9.36 Å². The van der Waals surface area contributed by atoms with Crippen LogP contribution in [-0.4, -0.2) is 28.5 Å². The van der Waals surface area contributed by atoms with E-state index >= 15 is 0 Å². The van der Waals surface area contributed by atoms with Crippen LogP contribution in [-0.2, 0) is 18.4 Å². The Labute approximate surface area is 149 Å². The van der Waals surface area contributed by atoms with Crippen LogP contribution in [0.3, 0.4) is 0 Å². The summed E-state index contributed by atoms with van der Waals surface area (Å²) in [7, 11) is -3.88. The maximum atomic E-state index is 12.9. The summed E-state index contributed by atoms with van der Waals surface area (Å²) >= 11 is 16.6. The van der Waals surface area contributed by atoms with Crippen molar-refractivity contribution in [2.75, 3.05) is 13.2 Å². The van der Waals surface area contributed by atoms with E-state index < -0.39 is 17.3 Å². The van der Waals surface area contributed by atoms with Gasteiger partial charge in [0.1, 0.15) is 0 Å². The fraction of sp³-hybridized carbons (Fsp3) is 0.385. The van der Waals surface area contributed by atoms with Gasteiger partial charge in [0.25, 0.3) is 9.70 Å². The standard InChI is InChI=1S/C13H16Cl3N2O4P/c1-3-21-23(20,22-4-2)12(18-11(19)13(14,15)16)17-10-8-6-5-7-9-10/h5-9H,3-4H2,1-2H3,(H,17,18,19). The van der Waals surface area contributed by atoms with Gasteiger partial charge < -0.3 is 14.4 Å². The molecule has 0 saturated heterocycles. The highest BCUT2D eigenvalue weighted by Gasteiger charge is 2.38. The molecule has 0 heterocycles. The van der Waals surface area contributed by atoms with Crippen LogP contribution in [0.2, 0.25) is 0 Å². The molecule has 128 valence electrons. The number of rotatable bonds is 6. The third-order valence-electron chi connectivity index (χ3n) is 2.33. The molecule has 1 amide bonds. The lowest BCUT2D eigenvalue weighted by atomic mass is 10.3. The number of nitrogens with zero attached hydrogens (tertiary/aromatic N) is 1. The normalized spacial score (nSPS) is 13.0. The fourth-order valence-corrected chi connectivity index (χ4v) is 3.07. The highest BCUT2D eigenvalue weighted by Crippen LogP contribution is 2.49. The lowest BCUT2D eigenvalue weighted by molar-refractivity contribution is -0.118. The molecule has 0 radical (unpaired) electrons. The van der Waals surface area contributed by atoms with Gasteiger partial charge in [-0.15, -0.1) is 0 Å². The molecular weight excluding hydrogens is 385 g/mol. The van der Waals surface area contributed by atoms with Gasteiger partial charge in [0.2, 0.25) is 5.58 Å². The second kappa shape index (κ2) is 9.02. The Morgan fingerprint density at radius 3 is 2.13 bits per heavy atom. The SMILES string of the molecule is CCOP(=O)(OCC)C(=Nc1ccccc1)NC(=O)C(Cl)(Cl)Cl. The number of amidine groups is 1. The van der Waals surface area contributed by atoms with Gasteiger partial charge in [-0.25, -0.2) is 4.99 Å². The number of halogens is 3. The zero-order valence-corrected chi connectivity index (χ0v) is 15.6. The zero-order chi connectivity index (χ0) is 17.5. The van der Waals surface area contributed by atoms with Crippen molar-refractivity contribution >= 4 is 59.6 Å². The van der Waals surface area contributed by atoms with Crippen molar-refractivity contribution in [1.82, 2.24) is 5.32 Å². The first-order chi connectivity index (χ1) is 10.7. The van der Waals surface area contributed by atoms with Crippen molar-refractivity contribution in [1.29, 1.82) is 0 Å². The molecule has 6 nitrogen and oxygen atoms in total. The molecule has 10 heteroatoms. The third-order valence-corrected chi connectivity index (χ3v) is 4.77. The van der Waals surface area contributed by atoms with Crippen molar-refractivity contribution in [3.63, 3.8) is 0 Å². The molecule has 0 fully saturated rings. The van der Waals surface area contributed by atoms with E-state index in [4.69, 9.17) is 43.9 Å². The molecule has 1 aromatic rings. The van der Waals surface area contributed by atoms with Crippen LogP contribution in [0.4, 0.5) is 5.69 Å². The minimum atomic E-state index is -3.88. The predicted molar refractivity (Wildman–Crippen MR) is 92.8 cm³/mol. The van der Waals surface area contributed by atoms with Crippen molar-refractivity contribution in [3.8, 4) is 0 Å². The quantitative estimate of drug-likeness (QED) is 0.331. The number of hydrogen-bond donors (Lipinski definition) is 1. The molecule has 1 rings (SSSR count). The number of carbonyl (C=O) groups is 1. The first kappa shape index (κ1) is 20.4. The number of benzene rings is 1. The summed E-state index contributed by atoms with van der Waals surface area (Å²) < 4.78 is 21.0. The first-order valence-electron chi connectivity index (χ1n) is 6.64. The summed E-state index contributed by atoms with van der Waals surface area (Å²) in [4.78, 5) is 16.0. The molecule has 0 spiro atoms. The molecule has 23 heavy (non-hydrogen) atoms. The van der Waals surface area contributed by atoms with Crippen molar-refractivity contribution < 1.29 is 18.4 Å². The zero-order valence-electron chi connectivity index (χ0n) is 12.5. The van der Waals surface area contributed by atoms with Crippen molar-refractivity contribution in [2.45, 2.75) is 17.6 Å². The van der Waals surface area contributed by atoms with E-state index in [1.807, 2.05) is 0 Å². The molecule has 0 aliphatic rings. The van der Waals surface area contributed by atoms with E-state index in [2.05, 4.69) is 10.3 Å². The molecular formula is C13H16Cl3N2O4P. The second-order valence-electron chi connectivity index (χ2n) is 4.06. The van der Waals surface area contributed by atoms with Gasteiger partial charge >= 0.3 is 7.60 Å². The molecule has 0 aliphatic heterocycles. The van der Waals surface area contributed by atoms with Gasteiger partial charge in [0, 0.05) is 0 Å². The first-order valence-corrected chi connectivity index (χ1v) is 9.32. The molecule has 0 saturated carbocycles. The van der Waals surface area contributed by atoms with Gasteiger partial charge in [0.15, 0.2) is 0 Å². The Bertz CT molecular complexity index is 595. The summed E-state index contributed by atoms with van der Waals surface area (Å²) in [5.74, 6) is -1.02. The predicted octanol–water partition coefficient (Wildman–Crippen LogP) is 4.43. The molecule has 0 unspecified atom stereocenters. The van der Waals surface area contributed by atoms with Crippen LogP contribution in [0.1, 0.15) is 13.8 Å². The van der Waals surface area contributed by atoms with Crippen LogP contribution in [0, 0.1) is 0 Å². The molecule has 1 N–H and O–H groups in total. The Kier molecular flexibility index (Phi) is 8.01. The lowest BCUT2D eigenvalue weighted by Crippen LogP contribution is -2.39. The van der Waals surface area contributed by atoms with E-state index in [-0.39, 0.29) is 18.8 Å². The number of aliphatic imine (C=N–C) groups is 1. The molecule has 0 aliphatic carbocycles. The summed E-state index contributed by atoms with van der Waals surface area (Å²) in [6.07, 6.45) is 0. The van der Waals surface area contributed by atoms with E-state index in [0.717, 1.165) is 0 Å². The highest BCUT2D eigenvalue weighted by atomic mass is 35.6. The minimum absolute atomic E-state index is 0.0781. The lowest BCUT2D eigenvalue weighted by Gasteiger charge is -2.20.